The predicted molar refractivity (Wildman–Crippen MR) is 103 cm³/mol. The van der Waals surface area contributed by atoms with E-state index in [4.69, 9.17) is 28.4 Å². The zero-order valence-corrected chi connectivity index (χ0v) is 18.5. The van der Waals surface area contributed by atoms with E-state index in [1.807, 2.05) is 0 Å². The molecule has 3 aliphatic heterocycles. The van der Waals surface area contributed by atoms with Crippen LogP contribution in [0.25, 0.3) is 0 Å². The topological polar surface area (TPSA) is 157 Å². The molecule has 5 N–H and O–H groups in total. The lowest BCUT2D eigenvalue weighted by molar-refractivity contribution is -0.356. The molecule has 176 valence electrons. The lowest BCUT2D eigenvalue weighted by atomic mass is 9.97. The molecule has 0 aromatic rings. The van der Waals surface area contributed by atoms with Gasteiger partial charge in [0.25, 0.3) is 0 Å². The Bertz CT molecular complexity index is 547. The Hall–Kier alpha value is -0.223. The summed E-state index contributed by atoms with van der Waals surface area (Å²) < 4.78 is 33.8. The van der Waals surface area contributed by atoms with Crippen molar-refractivity contribution in [3.63, 3.8) is 0 Å². The maximum Gasteiger partial charge on any atom is 0.187 e. The second-order valence-corrected chi connectivity index (χ2v) is 14.8. The monoisotopic (exact) mass is 454 g/mol. The van der Waals surface area contributed by atoms with Gasteiger partial charge in [0.2, 0.25) is 0 Å². The largest absolute Gasteiger partial charge is 0.394 e. The number of hydrogen-bond acceptors (Lipinski definition) is 11. The van der Waals surface area contributed by atoms with Crippen LogP contribution in [-0.2, 0) is 28.4 Å². The van der Waals surface area contributed by atoms with E-state index in [0.717, 1.165) is 6.04 Å². The molecule has 11 nitrogen and oxygen atoms in total. The van der Waals surface area contributed by atoms with Gasteiger partial charge in [-0.2, -0.15) is 0 Å². The van der Waals surface area contributed by atoms with Gasteiger partial charge in [-0.05, 0) is 6.04 Å². The predicted octanol–water partition coefficient (Wildman–Crippen LogP) is -2.01. The Balaban J connectivity index is 1.71. The minimum Gasteiger partial charge on any atom is -0.394 e. The van der Waals surface area contributed by atoms with Crippen molar-refractivity contribution >= 4 is 8.07 Å². The fourth-order valence-electron chi connectivity index (χ4n) is 3.62. The Morgan fingerprint density at radius 2 is 1.60 bits per heavy atom. The van der Waals surface area contributed by atoms with Crippen LogP contribution in [0.4, 0.5) is 0 Å². The molecule has 3 rings (SSSR count). The molecule has 0 saturated carbocycles. The fraction of sp³-hybridized carbons (Fsp3) is 1.00. The van der Waals surface area contributed by atoms with Crippen molar-refractivity contribution < 1.29 is 54.0 Å². The quantitative estimate of drug-likeness (QED) is 0.292. The van der Waals surface area contributed by atoms with E-state index in [1.165, 1.54) is 0 Å². The molecule has 0 aliphatic carbocycles. The molecular formula is C18H34O11Si. The van der Waals surface area contributed by atoms with Crippen molar-refractivity contribution in [2.45, 2.75) is 87.1 Å². The third kappa shape index (κ3) is 5.57. The SMILES string of the molecule is C[Si](C)(C)CCO[C@@H]1O[C@@H]2COCO[C@H]3[C@@H](O[C@@H]2[C@H](O)[C@H]1O)O[C@H](CO)[C@H](O)[C@@H]3O. The first-order chi connectivity index (χ1) is 14.1. The van der Waals surface area contributed by atoms with E-state index in [1.54, 1.807) is 0 Å². The molecule has 3 fully saturated rings. The highest BCUT2D eigenvalue weighted by molar-refractivity contribution is 6.76. The molecule has 0 unspecified atom stereocenters. The van der Waals surface area contributed by atoms with E-state index < -0.39 is 76.1 Å². The molecule has 12 heteroatoms. The number of hydrogen-bond donors (Lipinski definition) is 5. The molecule has 0 amide bonds. The van der Waals surface area contributed by atoms with Crippen molar-refractivity contribution in [2.75, 3.05) is 26.6 Å². The number of rotatable bonds is 5. The first-order valence-electron chi connectivity index (χ1n) is 10.2. The van der Waals surface area contributed by atoms with Gasteiger partial charge >= 0.3 is 0 Å². The first kappa shape index (κ1) is 24.4. The third-order valence-corrected chi connectivity index (χ3v) is 7.22. The van der Waals surface area contributed by atoms with Crippen LogP contribution < -0.4 is 0 Å². The van der Waals surface area contributed by atoms with Crippen molar-refractivity contribution in [3.05, 3.63) is 0 Å². The second-order valence-electron chi connectivity index (χ2n) is 9.13. The van der Waals surface area contributed by atoms with E-state index in [0.29, 0.717) is 6.61 Å². The summed E-state index contributed by atoms with van der Waals surface area (Å²) in [6, 6.07) is 0.866. The highest BCUT2D eigenvalue weighted by Crippen LogP contribution is 2.32. The van der Waals surface area contributed by atoms with Gasteiger partial charge in [-0.25, -0.2) is 0 Å². The summed E-state index contributed by atoms with van der Waals surface area (Å²) in [5.74, 6) is 0. The zero-order chi connectivity index (χ0) is 22.1. The normalized spacial score (nSPS) is 45.6. The summed E-state index contributed by atoms with van der Waals surface area (Å²) in [4.78, 5) is 0. The first-order valence-corrected chi connectivity index (χ1v) is 13.9. The standard InChI is InChI=1S/C18H34O11Si/c1-30(2,3)5-4-25-17-14(23)13(22)15-10(28-17)7-24-8-26-16-12(21)11(20)9(6-19)27-18(16)29-15/h9-23H,4-8H2,1-3H3/t9-,10-,11+,12+,13-,14-,15+,16-,17-,18-/m1/s1. The summed E-state index contributed by atoms with van der Waals surface area (Å²) in [6.07, 6.45) is -12.0. The molecular weight excluding hydrogens is 420 g/mol. The number of fused-ring (bicyclic) bond motifs is 2. The molecule has 0 bridgehead atoms. The number of aliphatic hydroxyl groups excluding tert-OH is 5. The van der Waals surface area contributed by atoms with Crippen LogP contribution in [0.2, 0.25) is 25.7 Å². The van der Waals surface area contributed by atoms with Gasteiger partial charge in [0.05, 0.1) is 13.2 Å². The average molecular weight is 455 g/mol. The van der Waals surface area contributed by atoms with E-state index >= 15 is 0 Å². The molecule has 0 aromatic heterocycles. The fourth-order valence-corrected chi connectivity index (χ4v) is 4.35. The van der Waals surface area contributed by atoms with Crippen molar-refractivity contribution in [3.8, 4) is 0 Å². The molecule has 0 spiro atoms. The zero-order valence-electron chi connectivity index (χ0n) is 17.5. The van der Waals surface area contributed by atoms with Crippen LogP contribution in [-0.4, -0.2) is 122 Å². The second kappa shape index (κ2) is 10.1. The molecule has 10 atom stereocenters. The number of aliphatic hydroxyl groups is 5. The maximum atomic E-state index is 10.7. The van der Waals surface area contributed by atoms with Gasteiger partial charge in [0, 0.05) is 14.7 Å². The summed E-state index contributed by atoms with van der Waals surface area (Å²) in [5.41, 5.74) is 0. The van der Waals surface area contributed by atoms with Crippen molar-refractivity contribution in [1.82, 2.24) is 0 Å². The molecule has 3 heterocycles. The summed E-state index contributed by atoms with van der Waals surface area (Å²) in [5, 5.41) is 51.0. The van der Waals surface area contributed by atoms with Crippen LogP contribution in [0.15, 0.2) is 0 Å². The lowest BCUT2D eigenvalue weighted by Crippen LogP contribution is -2.64. The molecule has 3 saturated heterocycles. The van der Waals surface area contributed by atoms with Crippen LogP contribution in [0.3, 0.4) is 0 Å². The van der Waals surface area contributed by atoms with Gasteiger partial charge in [-0.1, -0.05) is 19.6 Å². The Morgan fingerprint density at radius 1 is 0.900 bits per heavy atom. The van der Waals surface area contributed by atoms with Crippen LogP contribution >= 0.6 is 0 Å². The van der Waals surface area contributed by atoms with Gasteiger partial charge in [0.1, 0.15) is 55.6 Å². The Morgan fingerprint density at radius 3 is 2.27 bits per heavy atom. The lowest BCUT2D eigenvalue weighted by Gasteiger charge is -2.46. The van der Waals surface area contributed by atoms with Crippen LogP contribution in [0, 0.1) is 0 Å². The van der Waals surface area contributed by atoms with Crippen molar-refractivity contribution in [2.24, 2.45) is 0 Å². The summed E-state index contributed by atoms with van der Waals surface area (Å²) in [6.45, 7) is 6.17. The van der Waals surface area contributed by atoms with Gasteiger partial charge < -0.3 is 54.0 Å². The average Bonchev–Trinajstić information content (AvgIpc) is 2.76. The van der Waals surface area contributed by atoms with Crippen LogP contribution in [0.1, 0.15) is 0 Å². The van der Waals surface area contributed by atoms with Gasteiger partial charge in [-0.3, -0.25) is 0 Å². The summed E-state index contributed by atoms with van der Waals surface area (Å²) >= 11 is 0. The molecule has 0 radical (unpaired) electrons. The molecule has 30 heavy (non-hydrogen) atoms. The van der Waals surface area contributed by atoms with E-state index in [-0.39, 0.29) is 13.4 Å². The maximum absolute atomic E-state index is 10.7. The highest BCUT2D eigenvalue weighted by Gasteiger charge is 2.52. The van der Waals surface area contributed by atoms with Gasteiger partial charge in [-0.15, -0.1) is 0 Å². The smallest absolute Gasteiger partial charge is 0.187 e. The van der Waals surface area contributed by atoms with E-state index in [2.05, 4.69) is 19.6 Å². The minimum absolute atomic E-state index is 0.0240. The third-order valence-electron chi connectivity index (χ3n) is 5.52. The van der Waals surface area contributed by atoms with E-state index in [9.17, 15) is 25.5 Å². The molecule has 0 aromatic carbocycles. The van der Waals surface area contributed by atoms with Gasteiger partial charge in [0.15, 0.2) is 12.6 Å². The summed E-state index contributed by atoms with van der Waals surface area (Å²) in [7, 11) is -1.35. The van der Waals surface area contributed by atoms with Crippen molar-refractivity contribution in [1.29, 1.82) is 0 Å². The Kier molecular flexibility index (Phi) is 8.26. The minimum atomic E-state index is -1.41. The highest BCUT2D eigenvalue weighted by atomic mass is 28.3. The Labute approximate surface area is 176 Å². The number of ether oxygens (including phenoxy) is 6. The molecule has 3 aliphatic rings. The van der Waals surface area contributed by atoms with Crippen LogP contribution in [0.5, 0.6) is 0 Å².